The Bertz CT molecular complexity index is 677. The fraction of sp³-hybridized carbons (Fsp3) is 0.353. The molecule has 2 aromatic carbocycles. The van der Waals surface area contributed by atoms with Crippen LogP contribution in [0.2, 0.25) is 0 Å². The third-order valence-electron chi connectivity index (χ3n) is 3.22. The molecule has 2 aromatic rings. The van der Waals surface area contributed by atoms with Gasteiger partial charge in [-0.15, -0.1) is 0 Å². The number of carbonyl (C=O) groups excluding carboxylic acids is 1. The molecule has 0 aliphatic carbocycles. The van der Waals surface area contributed by atoms with Crippen LogP contribution in [-0.2, 0) is 4.74 Å². The van der Waals surface area contributed by atoms with Gasteiger partial charge in [0, 0.05) is 12.1 Å². The van der Waals surface area contributed by atoms with Crippen molar-refractivity contribution in [2.75, 3.05) is 6.54 Å². The van der Waals surface area contributed by atoms with Crippen molar-refractivity contribution in [2.24, 2.45) is 5.73 Å². The lowest BCUT2D eigenvalue weighted by Crippen LogP contribution is -2.37. The second kappa shape index (κ2) is 6.23. The average molecular weight is 302 g/mol. The number of ether oxygens (including phenoxy) is 1. The first kappa shape index (κ1) is 16.1. The first-order chi connectivity index (χ1) is 10.3. The zero-order valence-corrected chi connectivity index (χ0v) is 13.1. The average Bonchev–Trinajstić information content (AvgIpc) is 2.43. The molecule has 0 aliphatic rings. The Morgan fingerprint density at radius 2 is 1.95 bits per heavy atom. The highest BCUT2D eigenvalue weighted by Crippen LogP contribution is 2.32. The predicted octanol–water partition coefficient (Wildman–Crippen LogP) is 3.07. The van der Waals surface area contributed by atoms with Gasteiger partial charge in [0.15, 0.2) is 0 Å². The number of phenolic OH excluding ortho intramolecular Hbond substituents is 1. The van der Waals surface area contributed by atoms with Crippen molar-refractivity contribution >= 4 is 16.9 Å². The molecule has 0 radical (unpaired) electrons. The summed E-state index contributed by atoms with van der Waals surface area (Å²) in [5.41, 5.74) is 5.81. The Labute approximate surface area is 130 Å². The first-order valence-electron chi connectivity index (χ1n) is 7.22. The van der Waals surface area contributed by atoms with Gasteiger partial charge in [-0.1, -0.05) is 30.3 Å². The van der Waals surface area contributed by atoms with E-state index in [1.807, 2.05) is 30.3 Å². The summed E-state index contributed by atoms with van der Waals surface area (Å²) in [6.45, 7) is 5.53. The van der Waals surface area contributed by atoms with Gasteiger partial charge in [0.25, 0.3) is 0 Å². The van der Waals surface area contributed by atoms with Gasteiger partial charge in [-0.3, -0.25) is 0 Å². The van der Waals surface area contributed by atoms with Crippen LogP contribution in [-0.4, -0.2) is 23.3 Å². The quantitative estimate of drug-likeness (QED) is 0.813. The van der Waals surface area contributed by atoms with Crippen LogP contribution in [0.3, 0.4) is 0 Å². The molecule has 1 unspecified atom stereocenters. The lowest BCUT2D eigenvalue weighted by atomic mass is 9.97. The molecule has 0 spiro atoms. The fourth-order valence-corrected chi connectivity index (χ4v) is 2.35. The van der Waals surface area contributed by atoms with E-state index in [4.69, 9.17) is 10.5 Å². The third-order valence-corrected chi connectivity index (χ3v) is 3.22. The van der Waals surface area contributed by atoms with Gasteiger partial charge in [-0.25, -0.2) is 4.79 Å². The van der Waals surface area contributed by atoms with Crippen molar-refractivity contribution in [1.29, 1.82) is 0 Å². The largest absolute Gasteiger partial charge is 0.508 e. The van der Waals surface area contributed by atoms with Crippen LogP contribution in [0.4, 0.5) is 4.79 Å². The Morgan fingerprint density at radius 3 is 2.59 bits per heavy atom. The number of benzene rings is 2. The minimum absolute atomic E-state index is 0.102. The maximum atomic E-state index is 12.0. The molecule has 4 N–H and O–H groups in total. The van der Waals surface area contributed by atoms with Gasteiger partial charge < -0.3 is 20.9 Å². The molecule has 0 aromatic heterocycles. The summed E-state index contributed by atoms with van der Waals surface area (Å²) >= 11 is 0. The highest BCUT2D eigenvalue weighted by Gasteiger charge is 2.22. The number of nitrogens with one attached hydrogen (secondary N) is 1. The Kier molecular flexibility index (Phi) is 4.56. The molecule has 0 fully saturated rings. The number of nitrogens with two attached hydrogens (primary N) is 1. The summed E-state index contributed by atoms with van der Waals surface area (Å²) in [7, 11) is 0. The van der Waals surface area contributed by atoms with Crippen molar-refractivity contribution in [2.45, 2.75) is 32.4 Å². The second-order valence-corrected chi connectivity index (χ2v) is 6.15. The van der Waals surface area contributed by atoms with Crippen LogP contribution in [0.1, 0.15) is 32.4 Å². The monoisotopic (exact) mass is 302 g/mol. The number of hydrogen-bond donors (Lipinski definition) is 3. The fourth-order valence-electron chi connectivity index (χ4n) is 2.35. The van der Waals surface area contributed by atoms with E-state index in [9.17, 15) is 9.90 Å². The highest BCUT2D eigenvalue weighted by atomic mass is 16.6. The Hall–Kier alpha value is -2.27. The number of fused-ring (bicyclic) bond motifs is 1. The molecule has 1 atom stereocenters. The molecule has 2 rings (SSSR count). The number of amides is 1. The predicted molar refractivity (Wildman–Crippen MR) is 86.8 cm³/mol. The zero-order chi connectivity index (χ0) is 16.3. The van der Waals surface area contributed by atoms with Crippen LogP contribution >= 0.6 is 0 Å². The van der Waals surface area contributed by atoms with Gasteiger partial charge in [-0.05, 0) is 37.6 Å². The smallest absolute Gasteiger partial charge is 0.408 e. The van der Waals surface area contributed by atoms with Gasteiger partial charge in [0.2, 0.25) is 0 Å². The number of alkyl carbamates (subject to hydrolysis) is 1. The van der Waals surface area contributed by atoms with E-state index < -0.39 is 17.7 Å². The molecular formula is C17H22N2O3. The summed E-state index contributed by atoms with van der Waals surface area (Å²) in [6.07, 6.45) is -0.560. The molecule has 22 heavy (non-hydrogen) atoms. The molecule has 0 aliphatic heterocycles. The van der Waals surface area contributed by atoms with E-state index in [-0.39, 0.29) is 12.3 Å². The van der Waals surface area contributed by atoms with Gasteiger partial charge >= 0.3 is 6.09 Å². The number of hydrogen-bond acceptors (Lipinski definition) is 4. The van der Waals surface area contributed by atoms with Crippen molar-refractivity contribution < 1.29 is 14.6 Å². The van der Waals surface area contributed by atoms with Crippen molar-refractivity contribution in [3.63, 3.8) is 0 Å². The van der Waals surface area contributed by atoms with E-state index >= 15 is 0 Å². The number of aromatic hydroxyl groups is 1. The first-order valence-corrected chi connectivity index (χ1v) is 7.22. The number of carbonyl (C=O) groups is 1. The summed E-state index contributed by atoms with van der Waals surface area (Å²) in [5.74, 6) is 0.102. The zero-order valence-electron chi connectivity index (χ0n) is 13.1. The molecule has 1 amide bonds. The van der Waals surface area contributed by atoms with Gasteiger partial charge in [0.05, 0.1) is 6.04 Å². The van der Waals surface area contributed by atoms with Gasteiger partial charge in [0.1, 0.15) is 11.4 Å². The Balaban J connectivity index is 2.35. The SMILES string of the molecule is CC(C)(C)OC(=O)NC(CN)c1c(O)ccc2ccccc12. The summed E-state index contributed by atoms with van der Waals surface area (Å²) in [5, 5.41) is 14.8. The molecule has 0 saturated carbocycles. The van der Waals surface area contributed by atoms with Crippen molar-refractivity contribution in [3.05, 3.63) is 42.0 Å². The molecule has 118 valence electrons. The maximum absolute atomic E-state index is 12.0. The Morgan fingerprint density at radius 1 is 1.27 bits per heavy atom. The van der Waals surface area contributed by atoms with E-state index in [2.05, 4.69) is 5.32 Å². The van der Waals surface area contributed by atoms with Crippen LogP contribution < -0.4 is 11.1 Å². The second-order valence-electron chi connectivity index (χ2n) is 6.15. The normalized spacial score (nSPS) is 12.9. The molecular weight excluding hydrogens is 280 g/mol. The lowest BCUT2D eigenvalue weighted by Gasteiger charge is -2.24. The highest BCUT2D eigenvalue weighted by molar-refractivity contribution is 5.88. The summed E-state index contributed by atoms with van der Waals surface area (Å²) in [6, 6.07) is 10.5. The number of rotatable bonds is 3. The molecule has 0 bridgehead atoms. The topological polar surface area (TPSA) is 84.6 Å². The van der Waals surface area contributed by atoms with Crippen LogP contribution in [0.15, 0.2) is 36.4 Å². The number of phenols is 1. The molecule has 5 heteroatoms. The molecule has 0 heterocycles. The van der Waals surface area contributed by atoms with E-state index in [1.54, 1.807) is 26.8 Å². The third kappa shape index (κ3) is 3.68. The van der Waals surface area contributed by atoms with Gasteiger partial charge in [-0.2, -0.15) is 0 Å². The summed E-state index contributed by atoms with van der Waals surface area (Å²) in [4.78, 5) is 12.0. The minimum Gasteiger partial charge on any atom is -0.508 e. The van der Waals surface area contributed by atoms with E-state index in [0.717, 1.165) is 10.8 Å². The van der Waals surface area contributed by atoms with Crippen LogP contribution in [0.25, 0.3) is 10.8 Å². The van der Waals surface area contributed by atoms with Crippen LogP contribution in [0.5, 0.6) is 5.75 Å². The van der Waals surface area contributed by atoms with Crippen molar-refractivity contribution in [3.8, 4) is 5.75 Å². The molecule has 0 saturated heterocycles. The summed E-state index contributed by atoms with van der Waals surface area (Å²) < 4.78 is 5.26. The minimum atomic E-state index is -0.593. The lowest BCUT2D eigenvalue weighted by molar-refractivity contribution is 0.0505. The van der Waals surface area contributed by atoms with E-state index in [1.165, 1.54) is 0 Å². The molecule has 5 nitrogen and oxygen atoms in total. The van der Waals surface area contributed by atoms with Crippen molar-refractivity contribution in [1.82, 2.24) is 5.32 Å². The van der Waals surface area contributed by atoms with E-state index in [0.29, 0.717) is 5.56 Å². The van der Waals surface area contributed by atoms with Crippen LogP contribution in [0, 0.1) is 0 Å². The standard InChI is InChI=1S/C17H22N2O3/c1-17(2,3)22-16(21)19-13(10-18)15-12-7-5-4-6-11(12)8-9-14(15)20/h4-9,13,20H,10,18H2,1-3H3,(H,19,21). The maximum Gasteiger partial charge on any atom is 0.408 e.